The molecule has 6 nitrogen and oxygen atoms in total. The number of carbonyl (C=O) groups excluding carboxylic acids is 1. The van der Waals surface area contributed by atoms with Gasteiger partial charge in [0.1, 0.15) is 6.04 Å². The molecule has 1 unspecified atom stereocenters. The molecule has 0 bridgehead atoms. The lowest BCUT2D eigenvalue weighted by Gasteiger charge is -2.32. The van der Waals surface area contributed by atoms with Gasteiger partial charge in [-0.2, -0.15) is 4.31 Å². The Labute approximate surface area is 132 Å². The maximum atomic E-state index is 12.7. The van der Waals surface area contributed by atoms with Crippen LogP contribution in [-0.4, -0.2) is 51.6 Å². The van der Waals surface area contributed by atoms with Crippen molar-refractivity contribution in [2.24, 2.45) is 0 Å². The van der Waals surface area contributed by atoms with Crippen LogP contribution in [0.3, 0.4) is 0 Å². The summed E-state index contributed by atoms with van der Waals surface area (Å²) in [6, 6.07) is 2.98. The normalized spacial score (nSPS) is 20.2. The van der Waals surface area contributed by atoms with E-state index in [-0.39, 0.29) is 34.7 Å². The number of carbonyl (C=O) groups is 1. The van der Waals surface area contributed by atoms with Crippen LogP contribution in [0.25, 0.3) is 0 Å². The van der Waals surface area contributed by atoms with Gasteiger partial charge in [0.2, 0.25) is 10.0 Å². The lowest BCUT2D eigenvalue weighted by Crippen LogP contribution is -2.52. The second kappa shape index (κ2) is 6.50. The first-order valence-electron chi connectivity index (χ1n) is 6.00. The Morgan fingerprint density at radius 2 is 1.95 bits per heavy atom. The van der Waals surface area contributed by atoms with Crippen molar-refractivity contribution < 1.29 is 22.7 Å². The largest absolute Gasteiger partial charge is 0.468 e. The van der Waals surface area contributed by atoms with E-state index in [1.54, 1.807) is 0 Å². The van der Waals surface area contributed by atoms with Gasteiger partial charge in [0.25, 0.3) is 0 Å². The third kappa shape index (κ3) is 3.49. The Morgan fingerprint density at radius 1 is 1.33 bits per heavy atom. The number of sulfonamides is 1. The average Bonchev–Trinajstić information content (AvgIpc) is 2.45. The molecular formula is C12H13Cl2NO5S. The highest BCUT2D eigenvalue weighted by molar-refractivity contribution is 7.89. The Bertz CT molecular complexity index is 629. The second-order valence-corrected chi connectivity index (χ2v) is 7.10. The minimum atomic E-state index is -3.93. The molecule has 1 saturated heterocycles. The van der Waals surface area contributed by atoms with Gasteiger partial charge in [0, 0.05) is 16.6 Å². The third-order valence-corrected chi connectivity index (χ3v) is 5.32. The highest BCUT2D eigenvalue weighted by Gasteiger charge is 2.39. The summed E-state index contributed by atoms with van der Waals surface area (Å²) < 4.78 is 36.2. The molecule has 1 atom stereocenters. The van der Waals surface area contributed by atoms with Crippen LogP contribution >= 0.6 is 23.2 Å². The average molecular weight is 354 g/mol. The van der Waals surface area contributed by atoms with Gasteiger partial charge in [-0.15, -0.1) is 0 Å². The smallest absolute Gasteiger partial charge is 0.326 e. The quantitative estimate of drug-likeness (QED) is 0.771. The summed E-state index contributed by atoms with van der Waals surface area (Å²) in [7, 11) is -2.74. The van der Waals surface area contributed by atoms with Gasteiger partial charge in [-0.05, 0) is 18.2 Å². The van der Waals surface area contributed by atoms with Gasteiger partial charge in [-0.1, -0.05) is 23.2 Å². The summed E-state index contributed by atoms with van der Waals surface area (Å²) in [6.07, 6.45) is 0. The number of benzene rings is 1. The summed E-state index contributed by atoms with van der Waals surface area (Å²) >= 11 is 11.7. The van der Waals surface area contributed by atoms with Crippen molar-refractivity contribution in [1.29, 1.82) is 0 Å². The van der Waals surface area contributed by atoms with Crippen molar-refractivity contribution in [3.05, 3.63) is 28.2 Å². The van der Waals surface area contributed by atoms with Gasteiger partial charge in [-0.3, -0.25) is 4.79 Å². The van der Waals surface area contributed by atoms with E-state index >= 15 is 0 Å². The highest BCUT2D eigenvalue weighted by atomic mass is 35.5. The molecule has 1 aliphatic heterocycles. The van der Waals surface area contributed by atoms with Crippen molar-refractivity contribution in [2.75, 3.05) is 26.9 Å². The second-order valence-electron chi connectivity index (χ2n) is 4.33. The van der Waals surface area contributed by atoms with Crippen LogP contribution in [0.15, 0.2) is 23.1 Å². The molecule has 1 heterocycles. The first-order chi connectivity index (χ1) is 9.86. The molecule has 1 aromatic carbocycles. The molecule has 0 radical (unpaired) electrons. The molecule has 1 fully saturated rings. The molecule has 21 heavy (non-hydrogen) atoms. The minimum absolute atomic E-state index is 0.0478. The van der Waals surface area contributed by atoms with E-state index in [1.807, 2.05) is 0 Å². The molecule has 0 saturated carbocycles. The highest BCUT2D eigenvalue weighted by Crippen LogP contribution is 2.27. The van der Waals surface area contributed by atoms with Crippen molar-refractivity contribution in [1.82, 2.24) is 4.31 Å². The molecule has 2 rings (SSSR count). The molecule has 0 aromatic heterocycles. The minimum Gasteiger partial charge on any atom is -0.468 e. The number of hydrogen-bond acceptors (Lipinski definition) is 5. The maximum absolute atomic E-state index is 12.7. The molecule has 1 aliphatic rings. The summed E-state index contributed by atoms with van der Waals surface area (Å²) in [5.74, 6) is -0.675. The van der Waals surface area contributed by atoms with Crippen molar-refractivity contribution >= 4 is 39.2 Å². The Kier molecular flexibility index (Phi) is 5.11. The van der Waals surface area contributed by atoms with Crippen LogP contribution < -0.4 is 0 Å². The number of rotatable bonds is 3. The standard InChI is InChI=1S/C12H13Cl2NO5S/c1-19-12(16)11-7-20-3-2-15(11)21(17,18)10-5-8(13)4-9(14)6-10/h4-6,11H,2-3,7H2,1H3. The van der Waals surface area contributed by atoms with Gasteiger partial charge in [-0.25, -0.2) is 8.42 Å². The van der Waals surface area contributed by atoms with Gasteiger partial charge in [0.15, 0.2) is 0 Å². The van der Waals surface area contributed by atoms with E-state index in [1.165, 1.54) is 25.3 Å². The fraction of sp³-hybridized carbons (Fsp3) is 0.417. The van der Waals surface area contributed by atoms with Crippen LogP contribution in [0.1, 0.15) is 0 Å². The van der Waals surface area contributed by atoms with Crippen molar-refractivity contribution in [3.8, 4) is 0 Å². The molecule has 0 N–H and O–H groups in total. The SMILES string of the molecule is COC(=O)C1COCCN1S(=O)(=O)c1cc(Cl)cc(Cl)c1. The summed E-state index contributed by atoms with van der Waals surface area (Å²) in [5, 5.41) is 0.396. The van der Waals surface area contributed by atoms with E-state index < -0.39 is 22.0 Å². The molecule has 1 aromatic rings. The van der Waals surface area contributed by atoms with Crippen LogP contribution in [0, 0.1) is 0 Å². The Balaban J connectivity index is 2.42. The summed E-state index contributed by atoms with van der Waals surface area (Å²) in [4.78, 5) is 11.7. The summed E-state index contributed by atoms with van der Waals surface area (Å²) in [6.45, 7) is 0.188. The number of nitrogens with zero attached hydrogens (tertiary/aromatic N) is 1. The van der Waals surface area contributed by atoms with E-state index in [0.29, 0.717) is 0 Å². The topological polar surface area (TPSA) is 72.9 Å². The number of esters is 1. The monoisotopic (exact) mass is 353 g/mol. The van der Waals surface area contributed by atoms with Crippen LogP contribution in [0.4, 0.5) is 0 Å². The Hall–Kier alpha value is -0.860. The molecule has 116 valence electrons. The molecule has 9 heteroatoms. The van der Waals surface area contributed by atoms with Crippen molar-refractivity contribution in [2.45, 2.75) is 10.9 Å². The molecule has 0 spiro atoms. The maximum Gasteiger partial charge on any atom is 0.326 e. The Morgan fingerprint density at radius 3 is 2.52 bits per heavy atom. The predicted octanol–water partition coefficient (Wildman–Crippen LogP) is 1.56. The zero-order valence-electron chi connectivity index (χ0n) is 11.1. The van der Waals surface area contributed by atoms with Crippen LogP contribution in [0.2, 0.25) is 10.0 Å². The predicted molar refractivity (Wildman–Crippen MR) is 77.0 cm³/mol. The van der Waals surface area contributed by atoms with E-state index in [4.69, 9.17) is 27.9 Å². The zero-order valence-corrected chi connectivity index (χ0v) is 13.4. The first kappa shape index (κ1) is 16.5. The van der Waals surface area contributed by atoms with Crippen LogP contribution in [-0.2, 0) is 24.3 Å². The fourth-order valence-electron chi connectivity index (χ4n) is 2.01. The number of ether oxygens (including phenoxy) is 2. The lowest BCUT2D eigenvalue weighted by atomic mass is 10.3. The molecule has 0 aliphatic carbocycles. The number of methoxy groups -OCH3 is 1. The van der Waals surface area contributed by atoms with Crippen molar-refractivity contribution in [3.63, 3.8) is 0 Å². The number of morpholine rings is 1. The van der Waals surface area contributed by atoms with Gasteiger partial charge >= 0.3 is 5.97 Å². The fourth-order valence-corrected chi connectivity index (χ4v) is 4.29. The van der Waals surface area contributed by atoms with E-state index in [0.717, 1.165) is 4.31 Å². The summed E-state index contributed by atoms with van der Waals surface area (Å²) in [5.41, 5.74) is 0. The van der Waals surface area contributed by atoms with Crippen LogP contribution in [0.5, 0.6) is 0 Å². The molecule has 0 amide bonds. The van der Waals surface area contributed by atoms with Gasteiger partial charge in [0.05, 0.1) is 25.2 Å². The zero-order chi connectivity index (χ0) is 15.6. The van der Waals surface area contributed by atoms with E-state index in [2.05, 4.69) is 4.74 Å². The third-order valence-electron chi connectivity index (χ3n) is 3.00. The van der Waals surface area contributed by atoms with Gasteiger partial charge < -0.3 is 9.47 Å². The number of halogens is 2. The van der Waals surface area contributed by atoms with E-state index in [9.17, 15) is 13.2 Å². The lowest BCUT2D eigenvalue weighted by molar-refractivity contribution is -0.149. The first-order valence-corrected chi connectivity index (χ1v) is 8.19. The molecular weight excluding hydrogens is 341 g/mol. The number of hydrogen-bond donors (Lipinski definition) is 0.